The van der Waals surface area contributed by atoms with Crippen LogP contribution in [0.3, 0.4) is 0 Å². The summed E-state index contributed by atoms with van der Waals surface area (Å²) in [6, 6.07) is 5.44. The SMILES string of the molecule is CC(C)(C)Sc1cnc2ccc[n+]([O-])c2c1. The lowest BCUT2D eigenvalue weighted by Crippen LogP contribution is -2.26. The van der Waals surface area contributed by atoms with Crippen LogP contribution >= 0.6 is 11.8 Å². The molecule has 2 aromatic rings. The van der Waals surface area contributed by atoms with E-state index < -0.39 is 0 Å². The van der Waals surface area contributed by atoms with E-state index in [2.05, 4.69) is 25.8 Å². The first kappa shape index (κ1) is 11.2. The van der Waals surface area contributed by atoms with Crippen LogP contribution in [-0.4, -0.2) is 9.73 Å². The minimum absolute atomic E-state index is 0.123. The molecule has 0 spiro atoms. The molecule has 0 saturated heterocycles. The number of rotatable bonds is 1. The van der Waals surface area contributed by atoms with Crippen LogP contribution in [0.2, 0.25) is 0 Å². The Morgan fingerprint density at radius 2 is 2.12 bits per heavy atom. The molecule has 3 nitrogen and oxygen atoms in total. The average Bonchev–Trinajstić information content (AvgIpc) is 2.17. The van der Waals surface area contributed by atoms with Crippen molar-refractivity contribution >= 4 is 22.8 Å². The molecule has 0 aliphatic carbocycles. The minimum Gasteiger partial charge on any atom is -0.618 e. The van der Waals surface area contributed by atoms with Crippen LogP contribution in [0.15, 0.2) is 35.5 Å². The lowest BCUT2D eigenvalue weighted by molar-refractivity contribution is -0.577. The molecular weight excluding hydrogens is 220 g/mol. The van der Waals surface area contributed by atoms with Gasteiger partial charge in [0.15, 0.2) is 6.20 Å². The summed E-state index contributed by atoms with van der Waals surface area (Å²) in [5, 5.41) is 11.6. The monoisotopic (exact) mass is 234 g/mol. The third-order valence-corrected chi connectivity index (χ3v) is 3.08. The van der Waals surface area contributed by atoms with Crippen LogP contribution in [0, 0.1) is 5.21 Å². The maximum atomic E-state index is 11.6. The first-order valence-electron chi connectivity index (χ1n) is 5.13. The summed E-state index contributed by atoms with van der Waals surface area (Å²) in [6.07, 6.45) is 3.31. The Morgan fingerprint density at radius 3 is 2.81 bits per heavy atom. The van der Waals surface area contributed by atoms with E-state index in [1.165, 1.54) is 6.20 Å². The van der Waals surface area contributed by atoms with Gasteiger partial charge in [-0.1, -0.05) is 20.8 Å². The van der Waals surface area contributed by atoms with Gasteiger partial charge in [0, 0.05) is 28.0 Å². The molecule has 0 aliphatic heterocycles. The van der Waals surface area contributed by atoms with E-state index in [0.29, 0.717) is 5.52 Å². The Morgan fingerprint density at radius 1 is 1.38 bits per heavy atom. The standard InChI is InChI=1S/C12H14N2OS/c1-12(2,3)16-9-7-11-10(13-8-9)5-4-6-14(11)15/h4-8H,1-3H3. The second kappa shape index (κ2) is 3.94. The highest BCUT2D eigenvalue weighted by molar-refractivity contribution is 8.00. The molecule has 0 bridgehead atoms. The fourth-order valence-electron chi connectivity index (χ4n) is 1.45. The first-order chi connectivity index (χ1) is 7.46. The van der Waals surface area contributed by atoms with Gasteiger partial charge in [-0.3, -0.25) is 0 Å². The normalized spacial score (nSPS) is 11.9. The van der Waals surface area contributed by atoms with E-state index in [1.54, 1.807) is 17.8 Å². The van der Waals surface area contributed by atoms with Crippen LogP contribution in [0.5, 0.6) is 0 Å². The van der Waals surface area contributed by atoms with Crippen LogP contribution < -0.4 is 4.73 Å². The van der Waals surface area contributed by atoms with E-state index in [4.69, 9.17) is 0 Å². The molecule has 0 saturated carbocycles. The zero-order valence-corrected chi connectivity index (χ0v) is 10.4. The lowest BCUT2D eigenvalue weighted by Gasteiger charge is -2.16. The van der Waals surface area contributed by atoms with Crippen molar-refractivity contribution in [2.24, 2.45) is 0 Å². The van der Waals surface area contributed by atoms with Gasteiger partial charge >= 0.3 is 0 Å². The molecule has 0 fully saturated rings. The summed E-state index contributed by atoms with van der Waals surface area (Å²) in [5.41, 5.74) is 1.35. The first-order valence-corrected chi connectivity index (χ1v) is 5.94. The Hall–Kier alpha value is -1.29. The molecular formula is C12H14N2OS. The number of hydrogen-bond donors (Lipinski definition) is 0. The Labute approximate surface area is 99.1 Å². The van der Waals surface area contributed by atoms with E-state index in [-0.39, 0.29) is 4.75 Å². The van der Waals surface area contributed by atoms with Crippen molar-refractivity contribution in [2.45, 2.75) is 30.4 Å². The van der Waals surface area contributed by atoms with Gasteiger partial charge in [0.25, 0.3) is 0 Å². The third-order valence-electron chi connectivity index (χ3n) is 2.01. The highest BCUT2D eigenvalue weighted by Gasteiger charge is 2.14. The molecule has 0 radical (unpaired) electrons. The van der Waals surface area contributed by atoms with E-state index >= 15 is 0 Å². The maximum Gasteiger partial charge on any atom is 0.243 e. The van der Waals surface area contributed by atoms with Gasteiger partial charge in [-0.05, 0) is 6.07 Å². The van der Waals surface area contributed by atoms with Gasteiger partial charge in [0.1, 0.15) is 5.52 Å². The predicted molar refractivity (Wildman–Crippen MR) is 66.3 cm³/mol. The van der Waals surface area contributed by atoms with Gasteiger partial charge in [-0.25, -0.2) is 4.98 Å². The molecule has 16 heavy (non-hydrogen) atoms. The second-order valence-electron chi connectivity index (χ2n) is 4.62. The molecule has 0 aliphatic rings. The molecule has 0 atom stereocenters. The van der Waals surface area contributed by atoms with Crippen molar-refractivity contribution in [3.8, 4) is 0 Å². The summed E-state index contributed by atoms with van der Waals surface area (Å²) < 4.78 is 0.979. The Bertz CT molecular complexity index is 520. The number of thioether (sulfide) groups is 1. The van der Waals surface area contributed by atoms with Crippen molar-refractivity contribution in [3.05, 3.63) is 35.8 Å². The molecule has 2 rings (SSSR count). The van der Waals surface area contributed by atoms with Gasteiger partial charge < -0.3 is 5.21 Å². The molecule has 0 N–H and O–H groups in total. The number of aromatic nitrogens is 2. The van der Waals surface area contributed by atoms with Crippen LogP contribution in [0.4, 0.5) is 0 Å². The number of hydrogen-bond acceptors (Lipinski definition) is 3. The summed E-state index contributed by atoms with van der Waals surface area (Å²) in [5.74, 6) is 0. The molecule has 0 amide bonds. The molecule has 2 aromatic heterocycles. The fourth-order valence-corrected chi connectivity index (χ4v) is 2.44. The van der Waals surface area contributed by atoms with Crippen molar-refractivity contribution in [2.75, 3.05) is 0 Å². The topological polar surface area (TPSA) is 39.8 Å². The number of nitrogens with zero attached hydrogens (tertiary/aromatic N) is 2. The van der Waals surface area contributed by atoms with Gasteiger partial charge in [0.2, 0.25) is 5.52 Å². The Kier molecular flexibility index (Phi) is 2.76. The molecule has 0 aromatic carbocycles. The van der Waals surface area contributed by atoms with Gasteiger partial charge in [-0.2, -0.15) is 4.73 Å². The number of pyridine rings is 2. The summed E-state index contributed by atoms with van der Waals surface area (Å²) in [7, 11) is 0. The van der Waals surface area contributed by atoms with E-state index in [9.17, 15) is 5.21 Å². The van der Waals surface area contributed by atoms with Crippen molar-refractivity contribution in [1.29, 1.82) is 0 Å². The smallest absolute Gasteiger partial charge is 0.243 e. The average molecular weight is 234 g/mol. The lowest BCUT2D eigenvalue weighted by atomic mass is 10.3. The third kappa shape index (κ3) is 2.44. The minimum atomic E-state index is 0.123. The van der Waals surface area contributed by atoms with Crippen LogP contribution in [0.25, 0.3) is 11.0 Å². The molecule has 4 heteroatoms. The summed E-state index contributed by atoms with van der Waals surface area (Å²) in [6.45, 7) is 6.41. The summed E-state index contributed by atoms with van der Waals surface area (Å²) in [4.78, 5) is 5.31. The zero-order chi connectivity index (χ0) is 11.8. The van der Waals surface area contributed by atoms with E-state index in [0.717, 1.165) is 15.1 Å². The quantitative estimate of drug-likeness (QED) is 0.433. The van der Waals surface area contributed by atoms with Crippen molar-refractivity contribution in [3.63, 3.8) is 0 Å². The van der Waals surface area contributed by atoms with Crippen LogP contribution in [0.1, 0.15) is 20.8 Å². The van der Waals surface area contributed by atoms with Crippen molar-refractivity contribution in [1.82, 2.24) is 4.98 Å². The van der Waals surface area contributed by atoms with E-state index in [1.807, 2.05) is 18.3 Å². The summed E-state index contributed by atoms with van der Waals surface area (Å²) >= 11 is 1.71. The number of fused-ring (bicyclic) bond motifs is 1. The largest absolute Gasteiger partial charge is 0.618 e. The highest BCUT2D eigenvalue weighted by atomic mass is 32.2. The Balaban J connectivity index is 2.47. The second-order valence-corrected chi connectivity index (χ2v) is 6.52. The fraction of sp³-hybridized carbons (Fsp3) is 0.333. The maximum absolute atomic E-state index is 11.6. The molecule has 84 valence electrons. The predicted octanol–water partition coefficient (Wildman–Crippen LogP) is 2.76. The van der Waals surface area contributed by atoms with Gasteiger partial charge in [-0.15, -0.1) is 11.8 Å². The zero-order valence-electron chi connectivity index (χ0n) is 9.60. The van der Waals surface area contributed by atoms with Crippen LogP contribution in [-0.2, 0) is 0 Å². The van der Waals surface area contributed by atoms with Gasteiger partial charge in [0.05, 0.1) is 0 Å². The molecule has 2 heterocycles. The highest BCUT2D eigenvalue weighted by Crippen LogP contribution is 2.31. The molecule has 0 unspecified atom stereocenters. The van der Waals surface area contributed by atoms with Crippen molar-refractivity contribution < 1.29 is 4.73 Å².